The Morgan fingerprint density at radius 2 is 1.98 bits per heavy atom. The zero-order valence-corrected chi connectivity index (χ0v) is 23.9. The van der Waals surface area contributed by atoms with Crippen LogP contribution in [0.25, 0.3) is 32.8 Å². The number of aromatic hydroxyl groups is 1. The fourth-order valence-electron chi connectivity index (χ4n) is 7.05. The van der Waals surface area contributed by atoms with Gasteiger partial charge in [0.25, 0.3) is 0 Å². The van der Waals surface area contributed by atoms with Gasteiger partial charge in [0.15, 0.2) is 5.82 Å². The van der Waals surface area contributed by atoms with E-state index in [9.17, 15) is 19.0 Å². The Morgan fingerprint density at radius 3 is 2.82 bits per heavy atom. The van der Waals surface area contributed by atoms with E-state index in [-0.39, 0.29) is 59.1 Å². The number of benzene rings is 3. The number of β-amino-alcohol motifs (C(OH)–C–C–N with tert-alkyl or cyclic N) is 1. The summed E-state index contributed by atoms with van der Waals surface area (Å²) < 4.78 is 57.6. The van der Waals surface area contributed by atoms with Gasteiger partial charge in [0, 0.05) is 42.4 Å². The number of aromatic nitrogens is 2. The molecule has 2 N–H and O–H groups in total. The lowest BCUT2D eigenvalue weighted by molar-refractivity contribution is 0.0597. The van der Waals surface area contributed by atoms with Crippen molar-refractivity contribution in [1.29, 1.82) is 0 Å². The molecule has 2 unspecified atom stereocenters. The van der Waals surface area contributed by atoms with Crippen molar-refractivity contribution in [1.82, 2.24) is 14.9 Å². The van der Waals surface area contributed by atoms with Crippen LogP contribution in [0, 0.1) is 24.0 Å². The zero-order valence-electron chi connectivity index (χ0n) is 23.9. The number of terminal acetylenes is 1. The van der Waals surface area contributed by atoms with Crippen molar-refractivity contribution in [3.8, 4) is 35.2 Å². The number of hydrogen-bond donors (Lipinski definition) is 2. The second-order valence-electron chi connectivity index (χ2n) is 11.8. The average molecular weight is 605 g/mol. The summed E-state index contributed by atoms with van der Waals surface area (Å²) in [4.78, 5) is 13.1. The maximum atomic E-state index is 16.7. The lowest BCUT2D eigenvalue weighted by Gasteiger charge is -2.31. The predicted molar refractivity (Wildman–Crippen MR) is 160 cm³/mol. The summed E-state index contributed by atoms with van der Waals surface area (Å²) in [5.41, 5.74) is -0.333. The number of fused-ring (bicyclic) bond motifs is 3. The Hall–Kier alpha value is -4.11. The Labute approximate surface area is 252 Å². The third-order valence-electron chi connectivity index (χ3n) is 9.03. The molecule has 228 valence electrons. The number of rotatable bonds is 5. The van der Waals surface area contributed by atoms with Gasteiger partial charge in [-0.3, -0.25) is 4.90 Å². The van der Waals surface area contributed by atoms with Gasteiger partial charge >= 0.3 is 6.01 Å². The lowest BCUT2D eigenvalue weighted by atomic mass is 9.93. The predicted octanol–water partition coefficient (Wildman–Crippen LogP) is 4.57. The summed E-state index contributed by atoms with van der Waals surface area (Å²) in [5.74, 6) is 1.19. The molecule has 0 aliphatic carbocycles. The molecule has 3 fully saturated rings. The number of nitrogens with zero attached hydrogens (tertiary/aromatic N) is 4. The molecule has 3 aromatic carbocycles. The number of aliphatic hydroxyl groups is 1. The van der Waals surface area contributed by atoms with Crippen LogP contribution in [0.5, 0.6) is 11.8 Å². The van der Waals surface area contributed by atoms with Gasteiger partial charge in [-0.1, -0.05) is 18.1 Å². The number of ether oxygens (including phenoxy) is 2. The maximum absolute atomic E-state index is 16.7. The molecule has 4 heterocycles. The Balaban J connectivity index is 1.38. The number of phenols is 1. The number of phenolic OH excluding ortho intramolecular Hbond substituents is 1. The van der Waals surface area contributed by atoms with E-state index in [2.05, 4.69) is 20.8 Å². The molecule has 3 aliphatic heterocycles. The molecular weight excluding hydrogens is 573 g/mol. The highest BCUT2D eigenvalue weighted by Gasteiger charge is 2.49. The third kappa shape index (κ3) is 4.87. The zero-order chi connectivity index (χ0) is 30.6. The molecule has 3 aliphatic rings. The number of halogens is 3. The Kier molecular flexibility index (Phi) is 7.23. The van der Waals surface area contributed by atoms with Crippen molar-refractivity contribution in [2.24, 2.45) is 0 Å². The molecule has 3 atom stereocenters. The first-order valence-corrected chi connectivity index (χ1v) is 14.7. The molecule has 4 aromatic rings. The highest BCUT2D eigenvalue weighted by molar-refractivity contribution is 6.04. The molecule has 8 nitrogen and oxygen atoms in total. The fourth-order valence-corrected chi connectivity index (χ4v) is 7.05. The van der Waals surface area contributed by atoms with Crippen LogP contribution in [0.2, 0.25) is 0 Å². The van der Waals surface area contributed by atoms with E-state index in [0.29, 0.717) is 42.7 Å². The quantitative estimate of drug-likeness (QED) is 0.321. The van der Waals surface area contributed by atoms with E-state index < -0.39 is 29.4 Å². The number of aliphatic hydroxyl groups excluding tert-OH is 1. The van der Waals surface area contributed by atoms with Crippen LogP contribution >= 0.6 is 0 Å². The standard InChI is InChI=1S/C33H31F3N4O4/c1-2-23-27(35)7-4-19-12-21(41)13-26(28(19)23)24-5-6-25-30(29(24)36)37-32(38-31(25)39-10-11-43-17-22(42)16-39)44-18-33-8-3-9-40(33)15-20(34)14-33/h1,4-7,12-13,20,22,41-42H,3,8-11,14-18H2/t20-,22?,33?/m1/s1. The van der Waals surface area contributed by atoms with Crippen LogP contribution in [-0.2, 0) is 4.74 Å². The van der Waals surface area contributed by atoms with E-state index in [1.165, 1.54) is 30.3 Å². The van der Waals surface area contributed by atoms with Gasteiger partial charge in [0.1, 0.15) is 35.7 Å². The number of hydrogen-bond acceptors (Lipinski definition) is 8. The van der Waals surface area contributed by atoms with Gasteiger partial charge in [-0.25, -0.2) is 13.2 Å². The summed E-state index contributed by atoms with van der Waals surface area (Å²) >= 11 is 0. The first-order valence-electron chi connectivity index (χ1n) is 14.7. The molecule has 0 spiro atoms. The van der Waals surface area contributed by atoms with E-state index in [1.807, 2.05) is 0 Å². The third-order valence-corrected chi connectivity index (χ3v) is 9.03. The number of anilines is 1. The van der Waals surface area contributed by atoms with Crippen LogP contribution < -0.4 is 9.64 Å². The van der Waals surface area contributed by atoms with Crippen molar-refractivity contribution in [3.05, 3.63) is 53.6 Å². The van der Waals surface area contributed by atoms with Crippen LogP contribution in [0.4, 0.5) is 19.0 Å². The summed E-state index contributed by atoms with van der Waals surface area (Å²) in [6, 6.07) is 8.55. The van der Waals surface area contributed by atoms with Crippen molar-refractivity contribution in [3.63, 3.8) is 0 Å². The van der Waals surface area contributed by atoms with Crippen LogP contribution in [0.3, 0.4) is 0 Å². The molecule has 3 saturated heterocycles. The lowest BCUT2D eigenvalue weighted by Crippen LogP contribution is -2.43. The second-order valence-corrected chi connectivity index (χ2v) is 11.8. The van der Waals surface area contributed by atoms with Crippen LogP contribution in [0.1, 0.15) is 24.8 Å². The topological polar surface area (TPSA) is 91.2 Å². The SMILES string of the molecule is C#Cc1c(F)ccc2cc(O)cc(-c3ccc4c(N5CCOCC(O)C5)nc(OCC56CCCN5C[C@H](F)C6)nc4c3F)c12. The first kappa shape index (κ1) is 28.6. The summed E-state index contributed by atoms with van der Waals surface area (Å²) in [5, 5.41) is 22.1. The average Bonchev–Trinajstić information content (AvgIpc) is 3.43. The van der Waals surface area contributed by atoms with Crippen molar-refractivity contribution < 1.29 is 32.9 Å². The molecule has 0 saturated carbocycles. The van der Waals surface area contributed by atoms with Gasteiger partial charge in [-0.05, 0) is 54.6 Å². The minimum atomic E-state index is -0.944. The van der Waals surface area contributed by atoms with Crippen molar-refractivity contribution in [2.45, 2.75) is 37.1 Å². The monoisotopic (exact) mass is 604 g/mol. The minimum absolute atomic E-state index is 0.0481. The summed E-state index contributed by atoms with van der Waals surface area (Å²) in [6.07, 6.45) is 5.98. The molecule has 11 heteroatoms. The summed E-state index contributed by atoms with van der Waals surface area (Å²) in [7, 11) is 0. The van der Waals surface area contributed by atoms with E-state index >= 15 is 4.39 Å². The van der Waals surface area contributed by atoms with Gasteiger partial charge in [0.2, 0.25) is 0 Å². The van der Waals surface area contributed by atoms with Crippen LogP contribution in [0.15, 0.2) is 36.4 Å². The van der Waals surface area contributed by atoms with Crippen molar-refractivity contribution in [2.75, 3.05) is 50.9 Å². The largest absolute Gasteiger partial charge is 0.508 e. The van der Waals surface area contributed by atoms with E-state index in [4.69, 9.17) is 15.9 Å². The molecule has 44 heavy (non-hydrogen) atoms. The second kappa shape index (κ2) is 11.1. The summed E-state index contributed by atoms with van der Waals surface area (Å²) in [6.45, 7) is 2.35. The first-order chi connectivity index (χ1) is 21.3. The molecule has 1 aromatic heterocycles. The smallest absolute Gasteiger partial charge is 0.319 e. The van der Waals surface area contributed by atoms with Gasteiger partial charge < -0.3 is 24.6 Å². The van der Waals surface area contributed by atoms with Gasteiger partial charge in [-0.2, -0.15) is 9.97 Å². The highest BCUT2D eigenvalue weighted by atomic mass is 19.1. The van der Waals surface area contributed by atoms with Gasteiger partial charge in [-0.15, -0.1) is 6.42 Å². The molecule has 0 bridgehead atoms. The Bertz CT molecular complexity index is 1810. The van der Waals surface area contributed by atoms with Crippen LogP contribution in [-0.4, -0.2) is 88.9 Å². The highest BCUT2D eigenvalue weighted by Crippen LogP contribution is 2.42. The van der Waals surface area contributed by atoms with E-state index in [1.54, 1.807) is 11.0 Å². The minimum Gasteiger partial charge on any atom is -0.508 e. The fraction of sp³-hybridized carbons (Fsp3) is 0.394. The maximum Gasteiger partial charge on any atom is 0.319 e. The van der Waals surface area contributed by atoms with Crippen molar-refractivity contribution >= 4 is 27.5 Å². The van der Waals surface area contributed by atoms with E-state index in [0.717, 1.165) is 19.4 Å². The molecule has 0 radical (unpaired) electrons. The molecule has 0 amide bonds. The molecular formula is C33H31F3N4O4. The Morgan fingerprint density at radius 1 is 1.11 bits per heavy atom. The normalized spacial score (nSPS) is 24.0. The van der Waals surface area contributed by atoms with Gasteiger partial charge in [0.05, 0.1) is 30.4 Å². The number of alkyl halides is 1. The molecule has 7 rings (SSSR count).